The van der Waals surface area contributed by atoms with Crippen molar-refractivity contribution in [1.82, 2.24) is 9.55 Å². The van der Waals surface area contributed by atoms with Crippen LogP contribution >= 0.6 is 0 Å². The van der Waals surface area contributed by atoms with Crippen LogP contribution in [-0.2, 0) is 0 Å². The molecule has 0 saturated heterocycles. The molecule has 140 valence electrons. The Bertz CT molecular complexity index is 1140. The molecule has 3 aromatic carbocycles. The van der Waals surface area contributed by atoms with Crippen molar-refractivity contribution >= 4 is 11.3 Å². The lowest BCUT2D eigenvalue weighted by Gasteiger charge is -2.18. The Morgan fingerprint density at radius 3 is 1.72 bits per heavy atom. The number of hydrogen-bond acceptors (Lipinski definition) is 4. The Kier molecular flexibility index (Phi) is 4.83. The number of imidazole rings is 1. The number of phenolic OH excluding ortho intramolecular Hbond substituents is 2. The largest absolute Gasteiger partial charge is 0.508 e. The van der Waals surface area contributed by atoms with E-state index in [1.165, 1.54) is 0 Å². The molecule has 5 nitrogen and oxygen atoms in total. The summed E-state index contributed by atoms with van der Waals surface area (Å²) < 4.78 is 1.91. The van der Waals surface area contributed by atoms with E-state index < -0.39 is 0 Å². The van der Waals surface area contributed by atoms with Gasteiger partial charge in [0.15, 0.2) is 0 Å². The van der Waals surface area contributed by atoms with Crippen molar-refractivity contribution in [2.45, 2.75) is 0 Å². The summed E-state index contributed by atoms with van der Waals surface area (Å²) in [6, 6.07) is 23.4. The third-order valence-electron chi connectivity index (χ3n) is 4.60. The van der Waals surface area contributed by atoms with Crippen LogP contribution in [0.2, 0.25) is 0 Å². The van der Waals surface area contributed by atoms with Gasteiger partial charge in [0.05, 0.1) is 23.7 Å². The maximum Gasteiger partial charge on any atom is 0.115 e. The molecule has 0 atom stereocenters. The van der Waals surface area contributed by atoms with Crippen LogP contribution in [0.3, 0.4) is 0 Å². The summed E-state index contributed by atoms with van der Waals surface area (Å²) in [5, 5.41) is 28.6. The van der Waals surface area contributed by atoms with Gasteiger partial charge in [-0.2, -0.15) is 5.26 Å². The summed E-state index contributed by atoms with van der Waals surface area (Å²) in [7, 11) is 0. The van der Waals surface area contributed by atoms with E-state index in [1.807, 2.05) is 47.2 Å². The quantitative estimate of drug-likeness (QED) is 0.507. The highest BCUT2D eigenvalue weighted by molar-refractivity contribution is 5.98. The van der Waals surface area contributed by atoms with Crippen molar-refractivity contribution in [3.63, 3.8) is 0 Å². The van der Waals surface area contributed by atoms with Crippen LogP contribution in [0, 0.1) is 11.3 Å². The molecule has 29 heavy (non-hydrogen) atoms. The Labute approximate surface area is 168 Å². The lowest BCUT2D eigenvalue weighted by atomic mass is 9.92. The van der Waals surface area contributed by atoms with Gasteiger partial charge in [0.2, 0.25) is 0 Å². The molecule has 4 rings (SSSR count). The van der Waals surface area contributed by atoms with E-state index >= 15 is 0 Å². The third kappa shape index (κ3) is 3.73. The summed E-state index contributed by atoms with van der Waals surface area (Å²) in [5.74, 6) is 0.364. The van der Waals surface area contributed by atoms with Gasteiger partial charge < -0.3 is 14.8 Å². The molecule has 0 aliphatic heterocycles. The monoisotopic (exact) mass is 379 g/mol. The highest BCUT2D eigenvalue weighted by Gasteiger charge is 2.16. The smallest absolute Gasteiger partial charge is 0.115 e. The zero-order chi connectivity index (χ0) is 20.2. The Hall–Kier alpha value is -4.30. The van der Waals surface area contributed by atoms with Gasteiger partial charge >= 0.3 is 0 Å². The van der Waals surface area contributed by atoms with Gasteiger partial charge in [0.25, 0.3) is 0 Å². The van der Waals surface area contributed by atoms with Crippen LogP contribution in [0.15, 0.2) is 91.5 Å². The molecule has 0 unspecified atom stereocenters. The molecule has 0 saturated carbocycles. The first-order valence-corrected chi connectivity index (χ1v) is 8.97. The van der Waals surface area contributed by atoms with Gasteiger partial charge in [0.1, 0.15) is 11.5 Å². The van der Waals surface area contributed by atoms with Gasteiger partial charge in [-0.25, -0.2) is 4.98 Å². The lowest BCUT2D eigenvalue weighted by Crippen LogP contribution is -2.03. The summed E-state index contributed by atoms with van der Waals surface area (Å²) in [5.41, 5.74) is 5.02. The molecule has 2 N–H and O–H groups in total. The molecule has 0 radical (unpaired) electrons. The summed E-state index contributed by atoms with van der Waals surface area (Å²) in [6.07, 6.45) is 5.28. The second-order valence-electron chi connectivity index (χ2n) is 6.48. The van der Waals surface area contributed by atoms with Crippen molar-refractivity contribution in [3.05, 3.63) is 114 Å². The molecule has 4 aromatic rings. The molecule has 0 amide bonds. The summed E-state index contributed by atoms with van der Waals surface area (Å²) in [4.78, 5) is 4.20. The van der Waals surface area contributed by atoms with Gasteiger partial charge in [-0.3, -0.25) is 0 Å². The molecule has 0 bridgehead atoms. The SMILES string of the molecule is N#Cc1ccc(C(=C(c2ccc(O)cc2)c2ccc(O)cc2)n2ccnc2)cc1. The van der Waals surface area contributed by atoms with E-state index in [2.05, 4.69) is 11.1 Å². The van der Waals surface area contributed by atoms with Crippen LogP contribution in [0.4, 0.5) is 0 Å². The number of aromatic nitrogens is 2. The average Bonchev–Trinajstić information content (AvgIpc) is 3.28. The van der Waals surface area contributed by atoms with E-state index in [9.17, 15) is 10.2 Å². The second-order valence-corrected chi connectivity index (χ2v) is 6.48. The number of nitrogens with zero attached hydrogens (tertiary/aromatic N) is 3. The predicted molar refractivity (Wildman–Crippen MR) is 111 cm³/mol. The van der Waals surface area contributed by atoms with Crippen LogP contribution in [0.25, 0.3) is 11.3 Å². The standard InChI is InChI=1S/C24H17N3O2/c25-15-17-1-3-20(4-2-17)24(27-14-13-26-16-27)23(18-5-9-21(28)10-6-18)19-7-11-22(29)12-8-19/h1-14,16,28-29H. The Morgan fingerprint density at radius 2 is 1.28 bits per heavy atom. The third-order valence-corrected chi connectivity index (χ3v) is 4.60. The van der Waals surface area contributed by atoms with Gasteiger partial charge in [-0.15, -0.1) is 0 Å². The Morgan fingerprint density at radius 1 is 0.759 bits per heavy atom. The van der Waals surface area contributed by atoms with Gasteiger partial charge in [-0.05, 0) is 53.1 Å². The molecule has 0 aliphatic rings. The second kappa shape index (κ2) is 7.75. The lowest BCUT2D eigenvalue weighted by molar-refractivity contribution is 0.475. The molecule has 5 heteroatoms. The fourth-order valence-electron chi connectivity index (χ4n) is 3.21. The molecule has 0 fully saturated rings. The predicted octanol–water partition coefficient (Wildman–Crippen LogP) is 4.63. The fourth-order valence-corrected chi connectivity index (χ4v) is 3.21. The normalized spacial score (nSPS) is 10.3. The maximum atomic E-state index is 9.75. The topological polar surface area (TPSA) is 82.1 Å². The van der Waals surface area contributed by atoms with E-state index in [1.54, 1.807) is 48.9 Å². The van der Waals surface area contributed by atoms with Crippen LogP contribution in [0.1, 0.15) is 22.3 Å². The molecule has 1 heterocycles. The molecular weight excluding hydrogens is 362 g/mol. The van der Waals surface area contributed by atoms with Crippen molar-refractivity contribution in [2.24, 2.45) is 0 Å². The van der Waals surface area contributed by atoms with E-state index in [4.69, 9.17) is 5.26 Å². The van der Waals surface area contributed by atoms with Crippen LogP contribution in [0.5, 0.6) is 11.5 Å². The number of phenols is 2. The Balaban J connectivity index is 2.05. The van der Waals surface area contributed by atoms with E-state index in [0.29, 0.717) is 5.56 Å². The first kappa shape index (κ1) is 18.1. The minimum Gasteiger partial charge on any atom is -0.508 e. The maximum absolute atomic E-state index is 9.75. The number of nitriles is 1. The van der Waals surface area contributed by atoms with Crippen LogP contribution < -0.4 is 0 Å². The van der Waals surface area contributed by atoms with Crippen molar-refractivity contribution in [1.29, 1.82) is 5.26 Å². The zero-order valence-corrected chi connectivity index (χ0v) is 15.4. The van der Waals surface area contributed by atoms with Crippen molar-refractivity contribution < 1.29 is 10.2 Å². The minimum atomic E-state index is 0.182. The molecular formula is C24H17N3O2. The van der Waals surface area contributed by atoms with Crippen LogP contribution in [-0.4, -0.2) is 19.8 Å². The average molecular weight is 379 g/mol. The van der Waals surface area contributed by atoms with Crippen molar-refractivity contribution in [3.8, 4) is 17.6 Å². The highest BCUT2D eigenvalue weighted by Crippen LogP contribution is 2.34. The van der Waals surface area contributed by atoms with Gasteiger partial charge in [-0.1, -0.05) is 36.4 Å². The molecule has 0 aliphatic carbocycles. The van der Waals surface area contributed by atoms with Gasteiger partial charge in [0, 0.05) is 18.0 Å². The number of hydrogen-bond donors (Lipinski definition) is 2. The number of rotatable bonds is 4. The van der Waals surface area contributed by atoms with E-state index in [-0.39, 0.29) is 11.5 Å². The van der Waals surface area contributed by atoms with Crippen molar-refractivity contribution in [2.75, 3.05) is 0 Å². The summed E-state index contributed by atoms with van der Waals surface area (Å²) >= 11 is 0. The first-order valence-electron chi connectivity index (χ1n) is 8.97. The molecule has 1 aromatic heterocycles. The zero-order valence-electron chi connectivity index (χ0n) is 15.4. The molecule has 0 spiro atoms. The van der Waals surface area contributed by atoms with E-state index in [0.717, 1.165) is 28.0 Å². The first-order chi connectivity index (χ1) is 14.2. The fraction of sp³-hybridized carbons (Fsp3) is 0. The highest BCUT2D eigenvalue weighted by atomic mass is 16.3. The number of benzene rings is 3. The summed E-state index contributed by atoms with van der Waals surface area (Å²) in [6.45, 7) is 0. The number of aromatic hydroxyl groups is 2. The minimum absolute atomic E-state index is 0.182.